The normalized spacial score (nSPS) is 11.7. The van der Waals surface area contributed by atoms with Crippen LogP contribution in [0.2, 0.25) is 0 Å². The van der Waals surface area contributed by atoms with Gasteiger partial charge in [-0.25, -0.2) is 0 Å². The van der Waals surface area contributed by atoms with Crippen molar-refractivity contribution in [2.24, 2.45) is 10.7 Å². The van der Waals surface area contributed by atoms with E-state index >= 15 is 0 Å². The van der Waals surface area contributed by atoms with E-state index in [1.54, 1.807) is 6.92 Å². The van der Waals surface area contributed by atoms with Gasteiger partial charge in [-0.15, -0.1) is 0 Å². The van der Waals surface area contributed by atoms with E-state index in [2.05, 4.69) is 4.99 Å². The minimum absolute atomic E-state index is 0.215. The molecule has 0 aromatic rings. The highest BCUT2D eigenvalue weighted by Crippen LogP contribution is 1.93. The van der Waals surface area contributed by atoms with Crippen LogP contribution in [0.15, 0.2) is 4.99 Å². The second-order valence-electron chi connectivity index (χ2n) is 2.61. The van der Waals surface area contributed by atoms with Gasteiger partial charge in [0.25, 0.3) is 0 Å². The average Bonchev–Trinajstić information content (AvgIpc) is 1.97. The standard InChI is InChI=1S/C8H16N2O/c1-7(10-6-5-9)3-4-8(2)11/h3-6,9H2,1-2H3. The second-order valence-corrected chi connectivity index (χ2v) is 2.61. The van der Waals surface area contributed by atoms with E-state index in [0.717, 1.165) is 12.1 Å². The van der Waals surface area contributed by atoms with E-state index in [9.17, 15) is 4.79 Å². The van der Waals surface area contributed by atoms with Crippen LogP contribution in [0.5, 0.6) is 0 Å². The van der Waals surface area contributed by atoms with Gasteiger partial charge >= 0.3 is 0 Å². The molecule has 0 aromatic carbocycles. The fourth-order valence-corrected chi connectivity index (χ4v) is 0.691. The summed E-state index contributed by atoms with van der Waals surface area (Å²) in [6.45, 7) is 4.77. The van der Waals surface area contributed by atoms with E-state index < -0.39 is 0 Å². The zero-order valence-corrected chi connectivity index (χ0v) is 7.26. The van der Waals surface area contributed by atoms with Crippen molar-refractivity contribution in [3.05, 3.63) is 0 Å². The molecule has 0 aliphatic heterocycles. The zero-order valence-electron chi connectivity index (χ0n) is 7.26. The maximum absolute atomic E-state index is 10.5. The summed E-state index contributed by atoms with van der Waals surface area (Å²) in [6, 6.07) is 0. The first-order valence-electron chi connectivity index (χ1n) is 3.86. The van der Waals surface area contributed by atoms with Crippen LogP contribution < -0.4 is 5.73 Å². The predicted octanol–water partition coefficient (Wildman–Crippen LogP) is 0.775. The summed E-state index contributed by atoms with van der Waals surface area (Å²) in [5.41, 5.74) is 6.28. The molecule has 11 heavy (non-hydrogen) atoms. The molecule has 0 spiro atoms. The minimum atomic E-state index is 0.215. The van der Waals surface area contributed by atoms with E-state index in [-0.39, 0.29) is 5.78 Å². The van der Waals surface area contributed by atoms with Gasteiger partial charge in [-0.05, 0) is 20.3 Å². The van der Waals surface area contributed by atoms with Crippen LogP contribution in [-0.2, 0) is 4.79 Å². The Morgan fingerprint density at radius 2 is 2.00 bits per heavy atom. The highest BCUT2D eigenvalue weighted by Gasteiger charge is 1.94. The van der Waals surface area contributed by atoms with Crippen molar-refractivity contribution in [3.63, 3.8) is 0 Å². The molecule has 0 radical (unpaired) electrons. The van der Waals surface area contributed by atoms with Crippen molar-refractivity contribution in [2.45, 2.75) is 26.7 Å². The molecule has 0 saturated carbocycles. The van der Waals surface area contributed by atoms with E-state index in [0.29, 0.717) is 19.5 Å². The fourth-order valence-electron chi connectivity index (χ4n) is 0.691. The molecule has 0 unspecified atom stereocenters. The third-order valence-corrected chi connectivity index (χ3v) is 1.35. The SMILES string of the molecule is CC(=O)CCC(C)=NCCN. The van der Waals surface area contributed by atoms with Gasteiger partial charge in [-0.2, -0.15) is 0 Å². The molecular weight excluding hydrogens is 140 g/mol. The number of hydrogen-bond acceptors (Lipinski definition) is 3. The van der Waals surface area contributed by atoms with Crippen molar-refractivity contribution >= 4 is 11.5 Å². The van der Waals surface area contributed by atoms with Gasteiger partial charge in [0.15, 0.2) is 0 Å². The molecule has 0 heterocycles. The first kappa shape index (κ1) is 10.3. The number of carbonyl (C=O) groups excluding carboxylic acids is 1. The lowest BCUT2D eigenvalue weighted by molar-refractivity contribution is -0.116. The number of aliphatic imine (C=N–C) groups is 1. The Morgan fingerprint density at radius 3 is 2.45 bits per heavy atom. The molecule has 0 fully saturated rings. The summed E-state index contributed by atoms with van der Waals surface area (Å²) >= 11 is 0. The van der Waals surface area contributed by atoms with Crippen LogP contribution in [-0.4, -0.2) is 24.6 Å². The van der Waals surface area contributed by atoms with Crippen molar-refractivity contribution in [3.8, 4) is 0 Å². The molecule has 0 rings (SSSR count). The zero-order chi connectivity index (χ0) is 8.69. The van der Waals surface area contributed by atoms with Gasteiger partial charge in [-0.3, -0.25) is 4.99 Å². The van der Waals surface area contributed by atoms with E-state index in [1.165, 1.54) is 0 Å². The van der Waals surface area contributed by atoms with Gasteiger partial charge in [0, 0.05) is 18.7 Å². The summed E-state index contributed by atoms with van der Waals surface area (Å²) in [5, 5.41) is 0. The van der Waals surface area contributed by atoms with Gasteiger partial charge < -0.3 is 10.5 Å². The van der Waals surface area contributed by atoms with Crippen LogP contribution in [0.3, 0.4) is 0 Å². The summed E-state index contributed by atoms with van der Waals surface area (Å²) in [7, 11) is 0. The topological polar surface area (TPSA) is 55.5 Å². The van der Waals surface area contributed by atoms with Crippen molar-refractivity contribution in [1.29, 1.82) is 0 Å². The lowest BCUT2D eigenvalue weighted by Gasteiger charge is -1.96. The summed E-state index contributed by atoms with van der Waals surface area (Å²) < 4.78 is 0. The quantitative estimate of drug-likeness (QED) is 0.598. The molecule has 0 bridgehead atoms. The molecule has 2 N–H and O–H groups in total. The Morgan fingerprint density at radius 1 is 1.36 bits per heavy atom. The van der Waals surface area contributed by atoms with Crippen LogP contribution in [0.1, 0.15) is 26.7 Å². The average molecular weight is 156 g/mol. The first-order valence-corrected chi connectivity index (χ1v) is 3.86. The molecule has 0 aliphatic rings. The third kappa shape index (κ3) is 7.19. The summed E-state index contributed by atoms with van der Waals surface area (Å²) in [6.07, 6.45) is 1.37. The number of ketones is 1. The van der Waals surface area contributed by atoms with Gasteiger partial charge in [0.2, 0.25) is 0 Å². The van der Waals surface area contributed by atoms with Crippen LogP contribution in [0, 0.1) is 0 Å². The number of Topliss-reactive ketones (excluding diaryl/α,β-unsaturated/α-hetero) is 1. The van der Waals surface area contributed by atoms with Crippen LogP contribution in [0.25, 0.3) is 0 Å². The predicted molar refractivity (Wildman–Crippen MR) is 46.9 cm³/mol. The number of hydrogen-bond donors (Lipinski definition) is 1. The Bertz CT molecular complexity index is 152. The molecule has 0 aromatic heterocycles. The van der Waals surface area contributed by atoms with Crippen molar-refractivity contribution < 1.29 is 4.79 Å². The Hall–Kier alpha value is -0.700. The number of rotatable bonds is 5. The van der Waals surface area contributed by atoms with E-state index in [4.69, 9.17) is 5.73 Å². The third-order valence-electron chi connectivity index (χ3n) is 1.35. The smallest absolute Gasteiger partial charge is 0.130 e. The van der Waals surface area contributed by atoms with Crippen molar-refractivity contribution in [1.82, 2.24) is 0 Å². The Kier molecular flexibility index (Phi) is 5.65. The lowest BCUT2D eigenvalue weighted by atomic mass is 10.2. The molecule has 0 amide bonds. The Labute approximate surface area is 67.7 Å². The monoisotopic (exact) mass is 156 g/mol. The summed E-state index contributed by atoms with van der Waals surface area (Å²) in [4.78, 5) is 14.7. The molecule has 3 nitrogen and oxygen atoms in total. The van der Waals surface area contributed by atoms with Crippen LogP contribution >= 0.6 is 0 Å². The maximum Gasteiger partial charge on any atom is 0.130 e. The van der Waals surface area contributed by atoms with E-state index in [1.807, 2.05) is 6.92 Å². The van der Waals surface area contributed by atoms with Gasteiger partial charge in [-0.1, -0.05) is 0 Å². The highest BCUT2D eigenvalue weighted by molar-refractivity contribution is 5.86. The molecule has 3 heteroatoms. The minimum Gasteiger partial charge on any atom is -0.329 e. The molecule has 0 aliphatic carbocycles. The number of nitrogens with zero attached hydrogens (tertiary/aromatic N) is 1. The first-order chi connectivity index (χ1) is 5.16. The lowest BCUT2D eigenvalue weighted by Crippen LogP contribution is -2.05. The highest BCUT2D eigenvalue weighted by atomic mass is 16.1. The van der Waals surface area contributed by atoms with Gasteiger partial charge in [0.1, 0.15) is 5.78 Å². The number of nitrogens with two attached hydrogens (primary N) is 1. The van der Waals surface area contributed by atoms with Gasteiger partial charge in [0.05, 0.1) is 6.54 Å². The summed E-state index contributed by atoms with van der Waals surface area (Å²) in [5.74, 6) is 0.215. The second kappa shape index (κ2) is 6.04. The molecular formula is C8H16N2O. The van der Waals surface area contributed by atoms with Crippen molar-refractivity contribution in [2.75, 3.05) is 13.1 Å². The molecule has 64 valence electrons. The molecule has 0 atom stereocenters. The number of carbonyl (C=O) groups is 1. The fraction of sp³-hybridized carbons (Fsp3) is 0.750. The Balaban J connectivity index is 3.50. The maximum atomic E-state index is 10.5. The largest absolute Gasteiger partial charge is 0.329 e. The van der Waals surface area contributed by atoms with Crippen LogP contribution in [0.4, 0.5) is 0 Å². The molecule has 0 saturated heterocycles.